The van der Waals surface area contributed by atoms with E-state index in [1.165, 1.54) is 4.90 Å². The number of ether oxygens (including phenoxy) is 1. The average molecular weight is 485 g/mol. The second kappa shape index (κ2) is 12.0. The zero-order valence-corrected chi connectivity index (χ0v) is 20.3. The zero-order chi connectivity index (χ0) is 22.9. The molecule has 0 fully saturated rings. The lowest BCUT2D eigenvalue weighted by atomic mass is 10.1. The molecule has 0 radical (unpaired) electrons. The second-order valence-electron chi connectivity index (χ2n) is 7.00. The van der Waals surface area contributed by atoms with E-state index in [0.29, 0.717) is 17.1 Å². The summed E-state index contributed by atoms with van der Waals surface area (Å²) in [7, 11) is 1.71. The molecule has 1 heterocycles. The van der Waals surface area contributed by atoms with Crippen LogP contribution in [-0.2, 0) is 11.2 Å². The molecule has 0 atom stereocenters. The van der Waals surface area contributed by atoms with Gasteiger partial charge in [-0.3, -0.25) is 0 Å². The number of anilines is 1. The normalized spacial score (nSPS) is 10.7. The fourth-order valence-electron chi connectivity index (χ4n) is 2.87. The van der Waals surface area contributed by atoms with Gasteiger partial charge in [-0.05, 0) is 55.0 Å². The summed E-state index contributed by atoms with van der Waals surface area (Å²) in [4.78, 5) is 18.9. The number of thiocarbonyl (C=S) groups is 1. The first-order chi connectivity index (χ1) is 15.4. The molecule has 3 rings (SSSR count). The van der Waals surface area contributed by atoms with Gasteiger partial charge >= 0.3 is 5.97 Å². The van der Waals surface area contributed by atoms with E-state index in [-0.39, 0.29) is 5.56 Å². The Bertz CT molecular complexity index is 1070. The molecule has 0 unspecified atom stereocenters. The summed E-state index contributed by atoms with van der Waals surface area (Å²) >= 11 is 8.81. The van der Waals surface area contributed by atoms with Crippen molar-refractivity contribution < 1.29 is 14.6 Å². The van der Waals surface area contributed by atoms with Crippen LogP contribution in [0.4, 0.5) is 5.69 Å². The quantitative estimate of drug-likeness (QED) is 0.207. The van der Waals surface area contributed by atoms with Crippen LogP contribution in [-0.4, -0.2) is 40.5 Å². The van der Waals surface area contributed by atoms with Crippen molar-refractivity contribution in [1.82, 2.24) is 4.98 Å². The van der Waals surface area contributed by atoms with Gasteiger partial charge in [0.2, 0.25) is 0 Å². The van der Waals surface area contributed by atoms with Crippen molar-refractivity contribution in [2.75, 3.05) is 24.8 Å². The lowest BCUT2D eigenvalue weighted by molar-refractivity contribution is 0.0698. The van der Waals surface area contributed by atoms with Crippen LogP contribution in [0.25, 0.3) is 0 Å². The molecule has 5 nitrogen and oxygen atoms in total. The Morgan fingerprint density at radius 1 is 1.12 bits per heavy atom. The first kappa shape index (κ1) is 24.3. The summed E-state index contributed by atoms with van der Waals surface area (Å²) in [6.07, 6.45) is 2.28. The van der Waals surface area contributed by atoms with Crippen LogP contribution in [0.3, 0.4) is 0 Å². The van der Waals surface area contributed by atoms with Gasteiger partial charge in [0.15, 0.2) is 0 Å². The van der Waals surface area contributed by atoms with Gasteiger partial charge in [0.25, 0.3) is 0 Å². The molecule has 0 aliphatic carbocycles. The minimum atomic E-state index is -0.983. The lowest BCUT2D eigenvalue weighted by Gasteiger charge is -2.11. The van der Waals surface area contributed by atoms with Gasteiger partial charge in [-0.25, -0.2) is 9.78 Å². The maximum absolute atomic E-state index is 11.5. The summed E-state index contributed by atoms with van der Waals surface area (Å²) < 4.78 is 5.08. The molecule has 0 aliphatic rings. The highest BCUT2D eigenvalue weighted by molar-refractivity contribution is 7.99. The highest BCUT2D eigenvalue weighted by atomic mass is 32.2. The van der Waals surface area contributed by atoms with Crippen LogP contribution in [0.2, 0.25) is 0 Å². The third-order valence-electron chi connectivity index (χ3n) is 4.44. The third kappa shape index (κ3) is 7.34. The van der Waals surface area contributed by atoms with E-state index in [4.69, 9.17) is 17.0 Å². The number of aromatic nitrogens is 1. The number of nitrogens with one attached hydrogen (secondary N) is 1. The summed E-state index contributed by atoms with van der Waals surface area (Å²) in [5.41, 5.74) is 2.55. The third-order valence-corrected chi connectivity index (χ3v) is 6.63. The van der Waals surface area contributed by atoms with E-state index in [1.807, 2.05) is 25.1 Å². The summed E-state index contributed by atoms with van der Waals surface area (Å²) in [6, 6.07) is 17.6. The van der Waals surface area contributed by atoms with E-state index >= 15 is 0 Å². The van der Waals surface area contributed by atoms with E-state index < -0.39 is 5.97 Å². The largest absolute Gasteiger partial charge is 0.478 e. The number of carboxylic acid groups (broad SMARTS) is 1. The Kier molecular flexibility index (Phi) is 9.11. The SMILES string of the molecule is COCCSc1ccc(Sc2ccc(CC(=S)Nc3ccc(C)cc3C(=O)O)cn2)cc1. The number of benzene rings is 2. The number of rotatable bonds is 10. The topological polar surface area (TPSA) is 71.5 Å². The summed E-state index contributed by atoms with van der Waals surface area (Å²) in [6.45, 7) is 2.60. The Hall–Kier alpha value is -2.39. The number of pyridine rings is 1. The predicted octanol–water partition coefficient (Wildman–Crippen LogP) is 5.96. The Morgan fingerprint density at radius 3 is 2.53 bits per heavy atom. The van der Waals surface area contributed by atoms with Crippen molar-refractivity contribution in [3.63, 3.8) is 0 Å². The van der Waals surface area contributed by atoms with Crippen LogP contribution in [0.1, 0.15) is 21.5 Å². The Morgan fingerprint density at radius 2 is 1.88 bits per heavy atom. The molecule has 3 aromatic rings. The van der Waals surface area contributed by atoms with Gasteiger partial charge in [0.05, 0.1) is 22.8 Å². The highest BCUT2D eigenvalue weighted by Crippen LogP contribution is 2.28. The van der Waals surface area contributed by atoms with Crippen molar-refractivity contribution in [3.8, 4) is 0 Å². The summed E-state index contributed by atoms with van der Waals surface area (Å²) in [5.74, 6) is -0.0480. The lowest BCUT2D eigenvalue weighted by Crippen LogP contribution is -2.15. The standard InChI is InChI=1S/C24H24N2O3S3/c1-16-3-9-21(20(13-16)24(27)28)26-22(30)14-17-4-10-23(25-15-17)32-19-7-5-18(6-8-19)31-12-11-29-2/h3-10,13,15H,11-12,14H2,1-2H3,(H,26,30)(H,27,28). The van der Waals surface area contributed by atoms with Crippen molar-refractivity contribution >= 4 is 52.4 Å². The molecule has 0 saturated heterocycles. The van der Waals surface area contributed by atoms with Crippen LogP contribution < -0.4 is 5.32 Å². The van der Waals surface area contributed by atoms with Crippen LogP contribution >= 0.6 is 35.7 Å². The van der Waals surface area contributed by atoms with Gasteiger partial charge in [-0.1, -0.05) is 41.7 Å². The number of methoxy groups -OCH3 is 1. The van der Waals surface area contributed by atoms with Gasteiger partial charge in [0, 0.05) is 35.3 Å². The van der Waals surface area contributed by atoms with Crippen LogP contribution in [0.5, 0.6) is 0 Å². The minimum absolute atomic E-state index is 0.209. The smallest absolute Gasteiger partial charge is 0.337 e. The molecule has 0 bridgehead atoms. The number of hydrogen-bond donors (Lipinski definition) is 2. The average Bonchev–Trinajstić information content (AvgIpc) is 2.77. The van der Waals surface area contributed by atoms with Gasteiger partial charge in [0.1, 0.15) is 5.03 Å². The number of aryl methyl sites for hydroxylation is 1. The molecule has 32 heavy (non-hydrogen) atoms. The van der Waals surface area contributed by atoms with E-state index in [2.05, 4.69) is 34.6 Å². The van der Waals surface area contributed by atoms with Gasteiger partial charge in [-0.2, -0.15) is 0 Å². The second-order valence-corrected chi connectivity index (χ2v) is 9.75. The molecule has 166 valence electrons. The number of carbonyl (C=O) groups is 1. The first-order valence-electron chi connectivity index (χ1n) is 9.93. The zero-order valence-electron chi connectivity index (χ0n) is 17.8. The molecule has 0 spiro atoms. The van der Waals surface area contributed by atoms with Crippen molar-refractivity contribution in [1.29, 1.82) is 0 Å². The number of carboxylic acids is 1. The number of hydrogen-bond acceptors (Lipinski definition) is 6. The molecule has 0 amide bonds. The monoisotopic (exact) mass is 484 g/mol. The minimum Gasteiger partial charge on any atom is -0.478 e. The summed E-state index contributed by atoms with van der Waals surface area (Å²) in [5, 5.41) is 13.4. The fourth-order valence-corrected chi connectivity index (χ4v) is 4.71. The Labute approximate surface area is 202 Å². The Balaban J connectivity index is 1.56. The van der Waals surface area contributed by atoms with E-state index in [1.54, 1.807) is 49.0 Å². The van der Waals surface area contributed by atoms with Gasteiger partial charge in [-0.15, -0.1) is 11.8 Å². The van der Waals surface area contributed by atoms with Crippen LogP contribution in [0.15, 0.2) is 75.6 Å². The molecule has 2 aromatic carbocycles. The molecular formula is C24H24N2O3S3. The number of nitrogens with zero attached hydrogens (tertiary/aromatic N) is 1. The maximum Gasteiger partial charge on any atom is 0.337 e. The highest BCUT2D eigenvalue weighted by Gasteiger charge is 2.12. The maximum atomic E-state index is 11.5. The molecule has 0 aliphatic heterocycles. The van der Waals surface area contributed by atoms with Crippen molar-refractivity contribution in [2.24, 2.45) is 0 Å². The molecule has 1 aromatic heterocycles. The van der Waals surface area contributed by atoms with Crippen molar-refractivity contribution in [3.05, 3.63) is 77.5 Å². The number of thioether (sulfide) groups is 1. The molecule has 2 N–H and O–H groups in total. The molecular weight excluding hydrogens is 460 g/mol. The molecule has 8 heteroatoms. The van der Waals surface area contributed by atoms with E-state index in [9.17, 15) is 9.90 Å². The van der Waals surface area contributed by atoms with Gasteiger partial charge < -0.3 is 15.2 Å². The van der Waals surface area contributed by atoms with E-state index in [0.717, 1.165) is 33.4 Å². The van der Waals surface area contributed by atoms with Crippen LogP contribution in [0, 0.1) is 6.92 Å². The number of aromatic carboxylic acids is 1. The first-order valence-corrected chi connectivity index (χ1v) is 12.1. The molecule has 0 saturated carbocycles. The van der Waals surface area contributed by atoms with Crippen molar-refractivity contribution in [2.45, 2.75) is 28.2 Å². The predicted molar refractivity (Wildman–Crippen MR) is 135 cm³/mol. The fraction of sp³-hybridized carbons (Fsp3) is 0.208.